The third-order valence-corrected chi connectivity index (χ3v) is 4.95. The average Bonchev–Trinajstić information content (AvgIpc) is 2.42. The molecule has 2 rings (SSSR count). The normalized spacial score (nSPS) is 29.5. The number of hydrogen-bond donors (Lipinski definition) is 1. The third kappa shape index (κ3) is 3.42. The minimum Gasteiger partial charge on any atom is -0.340 e. The predicted octanol–water partition coefficient (Wildman–Crippen LogP) is 0.162. The van der Waals surface area contributed by atoms with Gasteiger partial charge < -0.3 is 10.2 Å². The Hall–Kier alpha value is -0.750. The van der Waals surface area contributed by atoms with Crippen molar-refractivity contribution in [3.8, 4) is 0 Å². The number of nitrogens with one attached hydrogen (secondary N) is 1. The molecule has 1 unspecified atom stereocenters. The second-order valence-corrected chi connectivity index (χ2v) is 6.64. The van der Waals surface area contributed by atoms with Gasteiger partial charge in [0.15, 0.2) is 0 Å². The van der Waals surface area contributed by atoms with Gasteiger partial charge in [-0.3, -0.25) is 14.5 Å². The fraction of sp³-hybridized carbons (Fsp3) is 0.846. The fourth-order valence-electron chi connectivity index (χ4n) is 2.50. The molecule has 0 bridgehead atoms. The lowest BCUT2D eigenvalue weighted by molar-refractivity contribution is -0.149. The van der Waals surface area contributed by atoms with Crippen LogP contribution in [-0.2, 0) is 9.59 Å². The summed E-state index contributed by atoms with van der Waals surface area (Å²) in [5.74, 6) is 2.35. The van der Waals surface area contributed by atoms with Gasteiger partial charge in [-0.15, -0.1) is 0 Å². The maximum Gasteiger partial charge on any atom is 0.248 e. The summed E-state index contributed by atoms with van der Waals surface area (Å²) in [6.07, 6.45) is 0.633. The van der Waals surface area contributed by atoms with E-state index in [-0.39, 0.29) is 18.4 Å². The summed E-state index contributed by atoms with van der Waals surface area (Å²) >= 11 is 1.98. The number of carbonyl (C=O) groups excluding carboxylic acids is 2. The van der Waals surface area contributed by atoms with Crippen molar-refractivity contribution in [2.24, 2.45) is 0 Å². The molecular weight excluding hydrogens is 262 g/mol. The Labute approximate surface area is 119 Å². The van der Waals surface area contributed by atoms with Gasteiger partial charge in [-0.05, 0) is 13.3 Å². The SMILES string of the molecule is CCC1(C)NC(=O)CN(CCN2CCSCC2)C1=O. The van der Waals surface area contributed by atoms with E-state index in [2.05, 4.69) is 10.2 Å². The molecule has 0 radical (unpaired) electrons. The number of thioether (sulfide) groups is 1. The van der Waals surface area contributed by atoms with E-state index in [1.54, 1.807) is 4.90 Å². The molecule has 2 aliphatic rings. The number of hydrogen-bond acceptors (Lipinski definition) is 4. The van der Waals surface area contributed by atoms with Crippen LogP contribution in [0.3, 0.4) is 0 Å². The molecule has 0 aromatic carbocycles. The zero-order valence-corrected chi connectivity index (χ0v) is 12.6. The maximum atomic E-state index is 12.4. The second kappa shape index (κ2) is 6.13. The van der Waals surface area contributed by atoms with Gasteiger partial charge in [0.2, 0.25) is 11.8 Å². The molecule has 108 valence electrons. The number of piperazine rings is 1. The van der Waals surface area contributed by atoms with Crippen LogP contribution in [0.15, 0.2) is 0 Å². The van der Waals surface area contributed by atoms with Gasteiger partial charge >= 0.3 is 0 Å². The standard InChI is InChI=1S/C13H23N3O2S/c1-3-13(2)12(18)16(10-11(17)14-13)5-4-15-6-8-19-9-7-15/h3-10H2,1-2H3,(H,14,17). The number of rotatable bonds is 4. The Morgan fingerprint density at radius 2 is 1.95 bits per heavy atom. The van der Waals surface area contributed by atoms with Crippen LogP contribution < -0.4 is 5.32 Å². The van der Waals surface area contributed by atoms with E-state index in [1.165, 1.54) is 11.5 Å². The van der Waals surface area contributed by atoms with E-state index >= 15 is 0 Å². The topological polar surface area (TPSA) is 52.7 Å². The largest absolute Gasteiger partial charge is 0.340 e. The molecule has 2 saturated heterocycles. The predicted molar refractivity (Wildman–Crippen MR) is 77.2 cm³/mol. The molecule has 1 N–H and O–H groups in total. The summed E-state index contributed by atoms with van der Waals surface area (Å²) in [6.45, 7) is 7.66. The highest BCUT2D eigenvalue weighted by atomic mass is 32.2. The summed E-state index contributed by atoms with van der Waals surface area (Å²) in [5, 5.41) is 2.81. The molecule has 2 amide bonds. The van der Waals surface area contributed by atoms with Crippen molar-refractivity contribution < 1.29 is 9.59 Å². The molecular formula is C13H23N3O2S. The van der Waals surface area contributed by atoms with Crippen LogP contribution in [0.25, 0.3) is 0 Å². The van der Waals surface area contributed by atoms with Crippen LogP contribution in [0.1, 0.15) is 20.3 Å². The van der Waals surface area contributed by atoms with Crippen LogP contribution in [0, 0.1) is 0 Å². The van der Waals surface area contributed by atoms with Crippen LogP contribution in [0.5, 0.6) is 0 Å². The van der Waals surface area contributed by atoms with Crippen molar-refractivity contribution in [3.05, 3.63) is 0 Å². The van der Waals surface area contributed by atoms with Crippen molar-refractivity contribution in [1.29, 1.82) is 0 Å². The Balaban J connectivity index is 1.91. The van der Waals surface area contributed by atoms with Gasteiger partial charge in [-0.1, -0.05) is 6.92 Å². The molecule has 1 atom stereocenters. The summed E-state index contributed by atoms with van der Waals surface area (Å²) in [6, 6.07) is 0. The second-order valence-electron chi connectivity index (χ2n) is 5.41. The molecule has 6 heteroatoms. The third-order valence-electron chi connectivity index (χ3n) is 4.01. The van der Waals surface area contributed by atoms with Gasteiger partial charge in [-0.25, -0.2) is 0 Å². The molecule has 0 aromatic heterocycles. The first-order valence-corrected chi connectivity index (χ1v) is 8.11. The zero-order chi connectivity index (χ0) is 13.9. The fourth-order valence-corrected chi connectivity index (χ4v) is 3.48. The van der Waals surface area contributed by atoms with Crippen LogP contribution >= 0.6 is 11.8 Å². The average molecular weight is 285 g/mol. The van der Waals surface area contributed by atoms with Gasteiger partial charge in [0.25, 0.3) is 0 Å². The number of nitrogens with zero attached hydrogens (tertiary/aromatic N) is 2. The van der Waals surface area contributed by atoms with Crippen molar-refractivity contribution in [2.45, 2.75) is 25.8 Å². The summed E-state index contributed by atoms with van der Waals surface area (Å²) in [4.78, 5) is 28.2. The monoisotopic (exact) mass is 285 g/mol. The Morgan fingerprint density at radius 1 is 1.26 bits per heavy atom. The van der Waals surface area contributed by atoms with Gasteiger partial charge in [0, 0.05) is 37.7 Å². The summed E-state index contributed by atoms with van der Waals surface area (Å²) in [7, 11) is 0. The molecule has 0 saturated carbocycles. The van der Waals surface area contributed by atoms with Crippen LogP contribution in [0.4, 0.5) is 0 Å². The Morgan fingerprint density at radius 3 is 2.58 bits per heavy atom. The molecule has 19 heavy (non-hydrogen) atoms. The number of amides is 2. The molecule has 2 aliphatic heterocycles. The van der Waals surface area contributed by atoms with E-state index in [4.69, 9.17) is 0 Å². The van der Waals surface area contributed by atoms with Gasteiger partial charge in [0.1, 0.15) is 5.54 Å². The highest BCUT2D eigenvalue weighted by Gasteiger charge is 2.41. The van der Waals surface area contributed by atoms with Crippen molar-refractivity contribution in [2.75, 3.05) is 44.2 Å². The first-order valence-electron chi connectivity index (χ1n) is 6.95. The Kier molecular flexibility index (Phi) is 4.73. The molecule has 2 fully saturated rings. The van der Waals surface area contributed by atoms with E-state index in [9.17, 15) is 9.59 Å². The maximum absolute atomic E-state index is 12.4. The molecule has 0 aromatic rings. The van der Waals surface area contributed by atoms with E-state index < -0.39 is 5.54 Å². The van der Waals surface area contributed by atoms with Crippen molar-refractivity contribution >= 4 is 23.6 Å². The lowest BCUT2D eigenvalue weighted by Gasteiger charge is -2.40. The summed E-state index contributed by atoms with van der Waals surface area (Å²) < 4.78 is 0. The van der Waals surface area contributed by atoms with Crippen LogP contribution in [-0.4, -0.2) is 71.4 Å². The van der Waals surface area contributed by atoms with Crippen LogP contribution in [0.2, 0.25) is 0 Å². The minimum absolute atomic E-state index is 0.0434. The molecule has 5 nitrogen and oxygen atoms in total. The van der Waals surface area contributed by atoms with E-state index in [0.717, 1.165) is 19.6 Å². The lowest BCUT2D eigenvalue weighted by atomic mass is 9.94. The van der Waals surface area contributed by atoms with E-state index in [0.29, 0.717) is 13.0 Å². The van der Waals surface area contributed by atoms with Crippen molar-refractivity contribution in [1.82, 2.24) is 15.1 Å². The Bertz CT molecular complexity index is 358. The number of carbonyl (C=O) groups is 2. The molecule has 2 heterocycles. The quantitative estimate of drug-likeness (QED) is 0.799. The lowest BCUT2D eigenvalue weighted by Crippen LogP contribution is -2.65. The smallest absolute Gasteiger partial charge is 0.248 e. The molecule has 0 aliphatic carbocycles. The highest BCUT2D eigenvalue weighted by molar-refractivity contribution is 7.99. The highest BCUT2D eigenvalue weighted by Crippen LogP contribution is 2.18. The first kappa shape index (κ1) is 14.7. The van der Waals surface area contributed by atoms with Gasteiger partial charge in [0.05, 0.1) is 6.54 Å². The van der Waals surface area contributed by atoms with Gasteiger partial charge in [-0.2, -0.15) is 11.8 Å². The summed E-state index contributed by atoms with van der Waals surface area (Å²) in [5.41, 5.74) is -0.715. The minimum atomic E-state index is -0.715. The molecule has 0 spiro atoms. The zero-order valence-electron chi connectivity index (χ0n) is 11.8. The first-order chi connectivity index (χ1) is 9.05. The van der Waals surface area contributed by atoms with E-state index in [1.807, 2.05) is 25.6 Å². The van der Waals surface area contributed by atoms with Crippen molar-refractivity contribution in [3.63, 3.8) is 0 Å².